The van der Waals surface area contributed by atoms with Gasteiger partial charge < -0.3 is 4.84 Å². The van der Waals surface area contributed by atoms with Crippen LogP contribution in [0.3, 0.4) is 0 Å². The van der Waals surface area contributed by atoms with Crippen molar-refractivity contribution >= 4 is 11.9 Å². The molecule has 1 aliphatic carbocycles. The summed E-state index contributed by atoms with van der Waals surface area (Å²) in [6.45, 7) is 3.62. The number of amides is 1. The van der Waals surface area contributed by atoms with Gasteiger partial charge >= 0.3 is 5.97 Å². The lowest BCUT2D eigenvalue weighted by atomic mass is 9.89. The van der Waals surface area contributed by atoms with Gasteiger partial charge in [-0.15, -0.1) is 0 Å². The van der Waals surface area contributed by atoms with Gasteiger partial charge in [0.05, 0.1) is 0 Å². The van der Waals surface area contributed by atoms with Crippen LogP contribution < -0.4 is 5.48 Å². The van der Waals surface area contributed by atoms with Crippen molar-refractivity contribution in [2.24, 2.45) is 5.92 Å². The van der Waals surface area contributed by atoms with Gasteiger partial charge in [-0.05, 0) is 26.2 Å². The number of hydroxylamine groups is 1. The van der Waals surface area contributed by atoms with Crippen LogP contribution in [-0.2, 0) is 14.4 Å². The van der Waals surface area contributed by atoms with Crippen LogP contribution >= 0.6 is 0 Å². The summed E-state index contributed by atoms with van der Waals surface area (Å²) < 4.78 is 0. The normalized spacial score (nSPS) is 17.6. The summed E-state index contributed by atoms with van der Waals surface area (Å²) >= 11 is 0. The maximum absolute atomic E-state index is 11.7. The molecule has 1 N–H and O–H groups in total. The Morgan fingerprint density at radius 3 is 2.53 bits per heavy atom. The van der Waals surface area contributed by atoms with Crippen LogP contribution in [0.5, 0.6) is 0 Å². The molecule has 1 aliphatic rings. The van der Waals surface area contributed by atoms with E-state index in [2.05, 4.69) is 5.48 Å². The SMILES string of the molecule is CCC=C(C)C(=O)ONC(=O)C1CCCCC1. The largest absolute Gasteiger partial charge is 0.358 e. The van der Waals surface area contributed by atoms with Gasteiger partial charge in [0.15, 0.2) is 0 Å². The lowest BCUT2D eigenvalue weighted by molar-refractivity contribution is -0.156. The Labute approximate surface area is 102 Å². The Morgan fingerprint density at radius 1 is 1.29 bits per heavy atom. The summed E-state index contributed by atoms with van der Waals surface area (Å²) in [6, 6.07) is 0. The second kappa shape index (κ2) is 7.09. The minimum Gasteiger partial charge on any atom is -0.336 e. The van der Waals surface area contributed by atoms with Gasteiger partial charge in [0.1, 0.15) is 0 Å². The number of carbonyl (C=O) groups excluding carboxylic acids is 2. The molecule has 0 bridgehead atoms. The minimum atomic E-state index is -0.476. The summed E-state index contributed by atoms with van der Waals surface area (Å²) in [4.78, 5) is 27.9. The van der Waals surface area contributed by atoms with Gasteiger partial charge in [-0.2, -0.15) is 5.48 Å². The van der Waals surface area contributed by atoms with E-state index in [1.54, 1.807) is 13.0 Å². The number of nitrogens with one attached hydrogen (secondary N) is 1. The highest BCUT2D eigenvalue weighted by Crippen LogP contribution is 2.23. The van der Waals surface area contributed by atoms with Crippen LogP contribution in [0, 0.1) is 5.92 Å². The van der Waals surface area contributed by atoms with Crippen molar-refractivity contribution in [2.75, 3.05) is 0 Å². The Kier molecular flexibility index (Phi) is 5.73. The molecule has 0 unspecified atom stereocenters. The quantitative estimate of drug-likeness (QED) is 0.608. The van der Waals surface area contributed by atoms with E-state index in [1.165, 1.54) is 6.42 Å². The van der Waals surface area contributed by atoms with E-state index in [0.717, 1.165) is 32.1 Å². The van der Waals surface area contributed by atoms with Crippen LogP contribution in [0.2, 0.25) is 0 Å². The van der Waals surface area contributed by atoms with Crippen molar-refractivity contribution in [1.82, 2.24) is 5.48 Å². The van der Waals surface area contributed by atoms with Gasteiger partial charge in [-0.3, -0.25) is 4.79 Å². The zero-order valence-electron chi connectivity index (χ0n) is 10.6. The molecule has 96 valence electrons. The average Bonchev–Trinajstić information content (AvgIpc) is 2.36. The van der Waals surface area contributed by atoms with Crippen LogP contribution in [0.15, 0.2) is 11.6 Å². The zero-order valence-corrected chi connectivity index (χ0v) is 10.6. The summed E-state index contributed by atoms with van der Waals surface area (Å²) in [5.41, 5.74) is 2.79. The summed E-state index contributed by atoms with van der Waals surface area (Å²) in [5.74, 6) is -0.634. The van der Waals surface area contributed by atoms with E-state index in [9.17, 15) is 9.59 Å². The molecule has 1 saturated carbocycles. The Hall–Kier alpha value is -1.32. The second-order valence-electron chi connectivity index (χ2n) is 4.49. The number of rotatable bonds is 3. The summed E-state index contributed by atoms with van der Waals surface area (Å²) in [7, 11) is 0. The van der Waals surface area contributed by atoms with Gasteiger partial charge in [-0.1, -0.05) is 32.3 Å². The first-order valence-electron chi connectivity index (χ1n) is 6.33. The van der Waals surface area contributed by atoms with Crippen LogP contribution in [0.25, 0.3) is 0 Å². The van der Waals surface area contributed by atoms with Crippen LogP contribution in [0.4, 0.5) is 0 Å². The highest BCUT2D eigenvalue weighted by Gasteiger charge is 2.22. The first-order valence-corrected chi connectivity index (χ1v) is 6.33. The van der Waals surface area contributed by atoms with E-state index in [-0.39, 0.29) is 11.8 Å². The van der Waals surface area contributed by atoms with E-state index < -0.39 is 5.97 Å². The maximum Gasteiger partial charge on any atom is 0.358 e. The molecule has 1 amide bonds. The number of hydrogen-bond acceptors (Lipinski definition) is 3. The number of allylic oxidation sites excluding steroid dienone is 1. The van der Waals surface area contributed by atoms with Crippen molar-refractivity contribution in [1.29, 1.82) is 0 Å². The molecular formula is C13H21NO3. The smallest absolute Gasteiger partial charge is 0.336 e. The number of carbonyl (C=O) groups is 2. The molecule has 4 heteroatoms. The predicted octanol–water partition coefficient (Wildman–Crippen LogP) is 2.50. The van der Waals surface area contributed by atoms with Gasteiger partial charge in [0.25, 0.3) is 5.91 Å². The molecule has 0 heterocycles. The average molecular weight is 239 g/mol. The van der Waals surface area contributed by atoms with E-state index in [0.29, 0.717) is 5.57 Å². The van der Waals surface area contributed by atoms with E-state index in [4.69, 9.17) is 4.84 Å². The molecule has 4 nitrogen and oxygen atoms in total. The number of hydrogen-bond donors (Lipinski definition) is 1. The Morgan fingerprint density at radius 2 is 1.94 bits per heavy atom. The zero-order chi connectivity index (χ0) is 12.7. The lowest BCUT2D eigenvalue weighted by Crippen LogP contribution is -2.34. The highest BCUT2D eigenvalue weighted by atomic mass is 16.7. The highest BCUT2D eigenvalue weighted by molar-refractivity contribution is 5.89. The first-order chi connectivity index (χ1) is 8.15. The molecule has 1 rings (SSSR count). The Bertz CT molecular complexity index is 304. The summed E-state index contributed by atoms with van der Waals surface area (Å²) in [5, 5.41) is 0. The first kappa shape index (κ1) is 13.7. The molecule has 0 spiro atoms. The third-order valence-electron chi connectivity index (χ3n) is 3.05. The minimum absolute atomic E-state index is 0.00649. The van der Waals surface area contributed by atoms with Crippen LogP contribution in [0.1, 0.15) is 52.4 Å². The molecule has 0 aliphatic heterocycles. The fourth-order valence-electron chi connectivity index (χ4n) is 2.01. The molecule has 17 heavy (non-hydrogen) atoms. The lowest BCUT2D eigenvalue weighted by Gasteiger charge is -2.20. The van der Waals surface area contributed by atoms with Crippen molar-refractivity contribution in [3.8, 4) is 0 Å². The maximum atomic E-state index is 11.7. The Balaban J connectivity index is 2.32. The van der Waals surface area contributed by atoms with Gasteiger partial charge in [0, 0.05) is 11.5 Å². The van der Waals surface area contributed by atoms with E-state index in [1.807, 2.05) is 6.92 Å². The molecular weight excluding hydrogens is 218 g/mol. The summed E-state index contributed by atoms with van der Waals surface area (Å²) in [6.07, 6.45) is 7.70. The molecule has 0 radical (unpaired) electrons. The van der Waals surface area contributed by atoms with Crippen molar-refractivity contribution < 1.29 is 14.4 Å². The molecule has 0 aromatic carbocycles. The van der Waals surface area contributed by atoms with E-state index >= 15 is 0 Å². The van der Waals surface area contributed by atoms with Crippen molar-refractivity contribution in [2.45, 2.75) is 52.4 Å². The molecule has 0 aromatic heterocycles. The second-order valence-corrected chi connectivity index (χ2v) is 4.49. The molecule has 1 fully saturated rings. The third kappa shape index (κ3) is 4.59. The topological polar surface area (TPSA) is 55.4 Å². The fraction of sp³-hybridized carbons (Fsp3) is 0.692. The third-order valence-corrected chi connectivity index (χ3v) is 3.05. The monoisotopic (exact) mass is 239 g/mol. The van der Waals surface area contributed by atoms with Gasteiger partial charge in [0.2, 0.25) is 0 Å². The molecule has 0 saturated heterocycles. The van der Waals surface area contributed by atoms with Gasteiger partial charge in [-0.25, -0.2) is 4.79 Å². The molecule has 0 atom stereocenters. The molecule has 0 aromatic rings. The van der Waals surface area contributed by atoms with Crippen molar-refractivity contribution in [3.63, 3.8) is 0 Å². The fourth-order valence-corrected chi connectivity index (χ4v) is 2.01. The standard InChI is InChI=1S/C13H21NO3/c1-3-7-10(2)13(16)17-14-12(15)11-8-5-4-6-9-11/h7,11H,3-6,8-9H2,1-2H3,(H,14,15). The van der Waals surface area contributed by atoms with Crippen LogP contribution in [-0.4, -0.2) is 11.9 Å². The van der Waals surface area contributed by atoms with Crippen molar-refractivity contribution in [3.05, 3.63) is 11.6 Å². The predicted molar refractivity (Wildman–Crippen MR) is 64.9 cm³/mol.